The van der Waals surface area contributed by atoms with Crippen LogP contribution in [-0.2, 0) is 6.54 Å². The van der Waals surface area contributed by atoms with E-state index in [0.29, 0.717) is 12.1 Å². The lowest BCUT2D eigenvalue weighted by molar-refractivity contribution is 0.0793. The number of carbonyl (C=O) groups excluding carboxylic acids is 1. The van der Waals surface area contributed by atoms with Gasteiger partial charge >= 0.3 is 0 Å². The predicted molar refractivity (Wildman–Crippen MR) is 137 cm³/mol. The Bertz CT molecular complexity index is 1030. The Labute approximate surface area is 204 Å². The average Bonchev–Trinajstić information content (AvgIpc) is 3.49. The van der Waals surface area contributed by atoms with Crippen molar-refractivity contribution in [3.63, 3.8) is 0 Å². The Kier molecular flexibility index (Phi) is 7.02. The number of hydrogen-bond donors (Lipinski definition) is 0. The van der Waals surface area contributed by atoms with E-state index in [-0.39, 0.29) is 5.91 Å². The second-order valence-electron chi connectivity index (χ2n) is 10.00. The standard InChI is InChI=1S/C29H37N3O2/c1-3-14-30-17-13-25-11-12-26(21-30)32(25)20-24-10-9-23(29(33)31-15-4-5-16-31)19-28(24)22-7-6-8-27(18-22)34-2/h3,6-10,18-19,25-26H,1,4-5,11-17,20-21H2,2H3. The molecule has 0 aromatic heterocycles. The van der Waals surface area contributed by atoms with Gasteiger partial charge in [-0.25, -0.2) is 0 Å². The van der Waals surface area contributed by atoms with Gasteiger partial charge in [-0.3, -0.25) is 14.6 Å². The van der Waals surface area contributed by atoms with E-state index < -0.39 is 0 Å². The summed E-state index contributed by atoms with van der Waals surface area (Å²) in [7, 11) is 1.71. The maximum Gasteiger partial charge on any atom is 0.253 e. The van der Waals surface area contributed by atoms with Gasteiger partial charge in [0.15, 0.2) is 0 Å². The third kappa shape index (κ3) is 4.77. The molecule has 0 N–H and O–H groups in total. The number of hydrogen-bond acceptors (Lipinski definition) is 4. The Morgan fingerprint density at radius 3 is 2.68 bits per heavy atom. The first kappa shape index (κ1) is 23.1. The van der Waals surface area contributed by atoms with Crippen molar-refractivity contribution in [2.75, 3.05) is 39.8 Å². The highest BCUT2D eigenvalue weighted by Gasteiger charge is 2.37. The molecule has 0 spiro atoms. The molecule has 3 saturated heterocycles. The molecule has 3 heterocycles. The molecule has 5 rings (SSSR count). The van der Waals surface area contributed by atoms with Crippen LogP contribution in [0.4, 0.5) is 0 Å². The maximum absolute atomic E-state index is 13.2. The van der Waals surface area contributed by atoms with Gasteiger partial charge < -0.3 is 9.64 Å². The topological polar surface area (TPSA) is 36.0 Å². The van der Waals surface area contributed by atoms with E-state index in [1.807, 2.05) is 29.2 Å². The third-order valence-corrected chi connectivity index (χ3v) is 7.89. The first-order chi connectivity index (χ1) is 16.7. The van der Waals surface area contributed by atoms with Gasteiger partial charge in [-0.1, -0.05) is 24.3 Å². The first-order valence-corrected chi connectivity index (χ1v) is 12.8. The van der Waals surface area contributed by atoms with Crippen molar-refractivity contribution in [3.05, 3.63) is 66.2 Å². The highest BCUT2D eigenvalue weighted by molar-refractivity contribution is 5.96. The molecule has 2 aromatic carbocycles. The fourth-order valence-electron chi connectivity index (χ4n) is 6.05. The Morgan fingerprint density at radius 1 is 1.06 bits per heavy atom. The molecule has 0 radical (unpaired) electrons. The van der Waals surface area contributed by atoms with Crippen molar-refractivity contribution in [2.45, 2.75) is 50.7 Å². The van der Waals surface area contributed by atoms with Crippen molar-refractivity contribution < 1.29 is 9.53 Å². The van der Waals surface area contributed by atoms with E-state index >= 15 is 0 Å². The molecule has 2 atom stereocenters. The van der Waals surface area contributed by atoms with Crippen LogP contribution < -0.4 is 4.74 Å². The van der Waals surface area contributed by atoms with Crippen LogP contribution in [0, 0.1) is 0 Å². The second-order valence-corrected chi connectivity index (χ2v) is 10.00. The molecule has 5 heteroatoms. The highest BCUT2D eigenvalue weighted by Crippen LogP contribution is 2.35. The minimum Gasteiger partial charge on any atom is -0.497 e. The number of nitrogens with zero attached hydrogens (tertiary/aromatic N) is 3. The molecule has 3 aliphatic heterocycles. The van der Waals surface area contributed by atoms with Crippen LogP contribution in [0.5, 0.6) is 5.75 Å². The van der Waals surface area contributed by atoms with Gasteiger partial charge in [0.25, 0.3) is 5.91 Å². The predicted octanol–water partition coefficient (Wildman–Crippen LogP) is 4.82. The Balaban J connectivity index is 1.47. The van der Waals surface area contributed by atoms with Crippen LogP contribution in [0.2, 0.25) is 0 Å². The molecule has 0 aliphatic carbocycles. The van der Waals surface area contributed by atoms with E-state index in [4.69, 9.17) is 4.74 Å². The molecule has 1 amide bonds. The molecular weight excluding hydrogens is 422 g/mol. The molecule has 2 bridgehead atoms. The van der Waals surface area contributed by atoms with Crippen molar-refractivity contribution in [3.8, 4) is 16.9 Å². The minimum atomic E-state index is 0.156. The molecule has 2 aromatic rings. The number of ether oxygens (including phenoxy) is 1. The van der Waals surface area contributed by atoms with Crippen LogP contribution in [0.15, 0.2) is 55.1 Å². The number of rotatable bonds is 7. The molecule has 0 saturated carbocycles. The third-order valence-electron chi connectivity index (χ3n) is 7.89. The summed E-state index contributed by atoms with van der Waals surface area (Å²) in [6.07, 6.45) is 8.00. The summed E-state index contributed by atoms with van der Waals surface area (Å²) in [5.74, 6) is 0.998. The summed E-state index contributed by atoms with van der Waals surface area (Å²) in [4.78, 5) is 20.5. The van der Waals surface area contributed by atoms with Crippen molar-refractivity contribution in [1.82, 2.24) is 14.7 Å². The van der Waals surface area contributed by atoms with Crippen LogP contribution in [0.3, 0.4) is 0 Å². The van der Waals surface area contributed by atoms with E-state index in [2.05, 4.69) is 40.6 Å². The minimum absolute atomic E-state index is 0.156. The normalized spacial score (nSPS) is 23.1. The van der Waals surface area contributed by atoms with Crippen molar-refractivity contribution in [1.29, 1.82) is 0 Å². The summed E-state index contributed by atoms with van der Waals surface area (Å²) in [5.41, 5.74) is 4.34. The number of methoxy groups -OCH3 is 1. The number of amides is 1. The zero-order valence-electron chi connectivity index (χ0n) is 20.4. The fraction of sp³-hybridized carbons (Fsp3) is 0.483. The lowest BCUT2D eigenvalue weighted by Gasteiger charge is -2.29. The maximum atomic E-state index is 13.2. The van der Waals surface area contributed by atoms with Crippen molar-refractivity contribution in [2.24, 2.45) is 0 Å². The highest BCUT2D eigenvalue weighted by atomic mass is 16.5. The van der Waals surface area contributed by atoms with E-state index in [1.54, 1.807) is 7.11 Å². The largest absolute Gasteiger partial charge is 0.497 e. The molecular formula is C29H37N3O2. The lowest BCUT2D eigenvalue weighted by atomic mass is 9.95. The number of carbonyl (C=O) groups is 1. The summed E-state index contributed by atoms with van der Waals surface area (Å²) in [6.45, 7) is 9.84. The summed E-state index contributed by atoms with van der Waals surface area (Å²) in [6, 6.07) is 15.8. The Hall–Kier alpha value is -2.63. The van der Waals surface area contributed by atoms with Gasteiger partial charge in [0.2, 0.25) is 0 Å². The number of likely N-dealkylation sites (tertiary alicyclic amines) is 2. The van der Waals surface area contributed by atoms with Gasteiger partial charge in [-0.2, -0.15) is 0 Å². The zero-order chi connectivity index (χ0) is 23.5. The van der Waals surface area contributed by atoms with Gasteiger partial charge in [0, 0.05) is 56.9 Å². The zero-order valence-corrected chi connectivity index (χ0v) is 20.4. The molecule has 5 nitrogen and oxygen atoms in total. The SMILES string of the molecule is C=CCN1CCC2CCC(C1)N2Cc1ccc(C(=O)N2CCCC2)cc1-c1cccc(OC)c1. The smallest absolute Gasteiger partial charge is 0.253 e. The number of benzene rings is 2. The van der Waals surface area contributed by atoms with Crippen LogP contribution in [0.1, 0.15) is 48.0 Å². The van der Waals surface area contributed by atoms with Gasteiger partial charge in [0.05, 0.1) is 7.11 Å². The second kappa shape index (κ2) is 10.3. The molecule has 180 valence electrons. The molecule has 3 aliphatic rings. The molecule has 3 fully saturated rings. The molecule has 2 unspecified atom stereocenters. The summed E-state index contributed by atoms with van der Waals surface area (Å²) >= 11 is 0. The fourth-order valence-corrected chi connectivity index (χ4v) is 6.05. The van der Waals surface area contributed by atoms with E-state index in [9.17, 15) is 4.79 Å². The van der Waals surface area contributed by atoms with Crippen LogP contribution in [-0.4, -0.2) is 72.5 Å². The van der Waals surface area contributed by atoms with Gasteiger partial charge in [-0.05, 0) is 73.1 Å². The monoisotopic (exact) mass is 459 g/mol. The first-order valence-electron chi connectivity index (χ1n) is 12.8. The van der Waals surface area contributed by atoms with Crippen LogP contribution in [0.25, 0.3) is 11.1 Å². The summed E-state index contributed by atoms with van der Waals surface area (Å²) in [5, 5.41) is 0. The van der Waals surface area contributed by atoms with Crippen LogP contribution >= 0.6 is 0 Å². The van der Waals surface area contributed by atoms with E-state index in [1.165, 1.54) is 24.8 Å². The Morgan fingerprint density at radius 2 is 1.88 bits per heavy atom. The quantitative estimate of drug-likeness (QED) is 0.556. The number of fused-ring (bicyclic) bond motifs is 2. The molecule has 34 heavy (non-hydrogen) atoms. The van der Waals surface area contributed by atoms with Gasteiger partial charge in [0.1, 0.15) is 5.75 Å². The van der Waals surface area contributed by atoms with Gasteiger partial charge in [-0.15, -0.1) is 6.58 Å². The van der Waals surface area contributed by atoms with Crippen molar-refractivity contribution >= 4 is 5.91 Å². The average molecular weight is 460 g/mol. The summed E-state index contributed by atoms with van der Waals surface area (Å²) < 4.78 is 5.52. The lowest BCUT2D eigenvalue weighted by Crippen LogP contribution is -2.38. The van der Waals surface area contributed by atoms with E-state index in [0.717, 1.165) is 74.6 Å².